The van der Waals surface area contributed by atoms with Crippen LogP contribution < -0.4 is 15.0 Å². The van der Waals surface area contributed by atoms with Crippen molar-refractivity contribution in [1.29, 1.82) is 0 Å². The minimum absolute atomic E-state index is 0.164. The minimum atomic E-state index is -0.164. The summed E-state index contributed by atoms with van der Waals surface area (Å²) >= 11 is 0. The molecule has 5 nitrogen and oxygen atoms in total. The molecular weight excluding hydrogens is 352 g/mol. The second-order valence-corrected chi connectivity index (χ2v) is 6.71. The molecule has 5 heteroatoms. The van der Waals surface area contributed by atoms with Gasteiger partial charge in [-0.15, -0.1) is 0 Å². The lowest BCUT2D eigenvalue weighted by Crippen LogP contribution is -2.36. The van der Waals surface area contributed by atoms with Gasteiger partial charge in [0.2, 0.25) is 5.91 Å². The number of rotatable bonds is 8. The molecule has 0 unspecified atom stereocenters. The first-order chi connectivity index (χ1) is 13.8. The van der Waals surface area contributed by atoms with Gasteiger partial charge in [0.05, 0.1) is 19.8 Å². The predicted molar refractivity (Wildman–Crippen MR) is 114 cm³/mol. The molecule has 1 amide bonds. The first kappa shape index (κ1) is 20.0. The topological polar surface area (TPSA) is 50.8 Å². The van der Waals surface area contributed by atoms with Gasteiger partial charge < -0.3 is 19.7 Å². The van der Waals surface area contributed by atoms with E-state index >= 15 is 0 Å². The fourth-order valence-electron chi connectivity index (χ4n) is 3.00. The molecule has 0 bridgehead atoms. The van der Waals surface area contributed by atoms with E-state index in [1.165, 1.54) is 6.08 Å². The number of anilines is 2. The van der Waals surface area contributed by atoms with Crippen LogP contribution in [-0.2, 0) is 9.53 Å². The molecule has 1 heterocycles. The largest absolute Gasteiger partial charge is 0.493 e. The van der Waals surface area contributed by atoms with E-state index in [2.05, 4.69) is 17.1 Å². The van der Waals surface area contributed by atoms with Crippen LogP contribution in [0.3, 0.4) is 0 Å². The molecular formula is C23H28N2O3. The maximum atomic E-state index is 12.3. The van der Waals surface area contributed by atoms with Crippen molar-refractivity contribution in [2.24, 2.45) is 0 Å². The third-order valence-corrected chi connectivity index (χ3v) is 4.60. The molecule has 0 atom stereocenters. The highest BCUT2D eigenvalue weighted by atomic mass is 16.5. The van der Waals surface area contributed by atoms with Crippen LogP contribution in [0, 0.1) is 0 Å². The van der Waals surface area contributed by atoms with Crippen LogP contribution in [0.2, 0.25) is 0 Å². The SMILES string of the molecule is CCCCOc1ccccc1C=CC(=O)Nc1ccc(N2CCOCC2)cc1. The van der Waals surface area contributed by atoms with Crippen molar-refractivity contribution in [3.05, 3.63) is 60.2 Å². The lowest BCUT2D eigenvalue weighted by atomic mass is 10.2. The molecule has 1 fully saturated rings. The third-order valence-electron chi connectivity index (χ3n) is 4.60. The number of hydrogen-bond acceptors (Lipinski definition) is 4. The van der Waals surface area contributed by atoms with Crippen LogP contribution in [0.15, 0.2) is 54.6 Å². The highest BCUT2D eigenvalue weighted by Gasteiger charge is 2.11. The highest BCUT2D eigenvalue weighted by molar-refractivity contribution is 6.02. The molecule has 1 aliphatic heterocycles. The van der Waals surface area contributed by atoms with E-state index in [0.717, 1.165) is 61.8 Å². The summed E-state index contributed by atoms with van der Waals surface area (Å²) in [5.74, 6) is 0.636. The second-order valence-electron chi connectivity index (χ2n) is 6.71. The normalized spacial score (nSPS) is 14.2. The van der Waals surface area contributed by atoms with Gasteiger partial charge in [-0.1, -0.05) is 31.5 Å². The number of amides is 1. The van der Waals surface area contributed by atoms with Gasteiger partial charge in [-0.2, -0.15) is 0 Å². The van der Waals surface area contributed by atoms with Crippen molar-refractivity contribution in [3.63, 3.8) is 0 Å². The van der Waals surface area contributed by atoms with Crippen molar-refractivity contribution in [3.8, 4) is 5.75 Å². The monoisotopic (exact) mass is 380 g/mol. The Labute approximate surface area is 167 Å². The minimum Gasteiger partial charge on any atom is -0.493 e. The maximum absolute atomic E-state index is 12.3. The predicted octanol–water partition coefficient (Wildman–Crippen LogP) is 4.35. The summed E-state index contributed by atoms with van der Waals surface area (Å²) in [7, 11) is 0. The number of morpholine rings is 1. The fraction of sp³-hybridized carbons (Fsp3) is 0.348. The Hall–Kier alpha value is -2.79. The number of hydrogen-bond donors (Lipinski definition) is 1. The molecule has 2 aromatic rings. The van der Waals surface area contributed by atoms with E-state index in [1.54, 1.807) is 6.08 Å². The van der Waals surface area contributed by atoms with Gasteiger partial charge in [0, 0.05) is 36.1 Å². The van der Waals surface area contributed by atoms with Crippen molar-refractivity contribution in [2.75, 3.05) is 43.1 Å². The zero-order valence-corrected chi connectivity index (χ0v) is 16.4. The van der Waals surface area contributed by atoms with Crippen LogP contribution in [0.4, 0.5) is 11.4 Å². The number of nitrogens with zero attached hydrogens (tertiary/aromatic N) is 1. The lowest BCUT2D eigenvalue weighted by molar-refractivity contribution is -0.111. The fourth-order valence-corrected chi connectivity index (χ4v) is 3.00. The zero-order valence-electron chi connectivity index (χ0n) is 16.4. The number of ether oxygens (including phenoxy) is 2. The molecule has 0 aliphatic carbocycles. The summed E-state index contributed by atoms with van der Waals surface area (Å²) in [6, 6.07) is 15.7. The van der Waals surface area contributed by atoms with E-state index in [1.807, 2.05) is 48.5 Å². The van der Waals surface area contributed by atoms with Crippen LogP contribution >= 0.6 is 0 Å². The molecule has 148 valence electrons. The summed E-state index contributed by atoms with van der Waals surface area (Å²) in [6.07, 6.45) is 5.43. The van der Waals surface area contributed by atoms with E-state index in [9.17, 15) is 4.79 Å². The first-order valence-electron chi connectivity index (χ1n) is 9.90. The smallest absolute Gasteiger partial charge is 0.248 e. The highest BCUT2D eigenvalue weighted by Crippen LogP contribution is 2.21. The molecule has 0 spiro atoms. The molecule has 0 aromatic heterocycles. The number of carbonyl (C=O) groups is 1. The molecule has 28 heavy (non-hydrogen) atoms. The Morgan fingerprint density at radius 2 is 1.89 bits per heavy atom. The van der Waals surface area contributed by atoms with Crippen LogP contribution in [0.5, 0.6) is 5.75 Å². The number of carbonyl (C=O) groups excluding carboxylic acids is 1. The average molecular weight is 380 g/mol. The van der Waals surface area contributed by atoms with Gasteiger partial charge >= 0.3 is 0 Å². The Morgan fingerprint density at radius 1 is 1.14 bits per heavy atom. The van der Waals surface area contributed by atoms with E-state index in [0.29, 0.717) is 6.61 Å². The molecule has 2 aromatic carbocycles. The summed E-state index contributed by atoms with van der Waals surface area (Å²) in [4.78, 5) is 14.6. The van der Waals surface area contributed by atoms with Gasteiger partial charge in [0.1, 0.15) is 5.75 Å². The van der Waals surface area contributed by atoms with E-state index < -0.39 is 0 Å². The average Bonchev–Trinajstić information content (AvgIpc) is 2.74. The molecule has 3 rings (SSSR count). The van der Waals surface area contributed by atoms with Crippen molar-refractivity contribution >= 4 is 23.4 Å². The Balaban J connectivity index is 1.56. The van der Waals surface area contributed by atoms with Crippen LogP contribution in [0.25, 0.3) is 6.08 Å². The van der Waals surface area contributed by atoms with Gasteiger partial charge in [0.25, 0.3) is 0 Å². The third kappa shape index (κ3) is 5.86. The zero-order chi connectivity index (χ0) is 19.6. The van der Waals surface area contributed by atoms with Gasteiger partial charge in [0.15, 0.2) is 0 Å². The van der Waals surface area contributed by atoms with E-state index in [4.69, 9.17) is 9.47 Å². The van der Waals surface area contributed by atoms with Crippen molar-refractivity contribution in [2.45, 2.75) is 19.8 Å². The summed E-state index contributed by atoms with van der Waals surface area (Å²) in [5.41, 5.74) is 2.82. The second kappa shape index (κ2) is 10.5. The maximum Gasteiger partial charge on any atom is 0.248 e. The first-order valence-corrected chi connectivity index (χ1v) is 9.90. The van der Waals surface area contributed by atoms with E-state index in [-0.39, 0.29) is 5.91 Å². The summed E-state index contributed by atoms with van der Waals surface area (Å²) in [5, 5.41) is 2.90. The summed E-state index contributed by atoms with van der Waals surface area (Å²) < 4.78 is 11.2. The van der Waals surface area contributed by atoms with Crippen LogP contribution in [0.1, 0.15) is 25.3 Å². The Kier molecular flexibility index (Phi) is 7.50. The van der Waals surface area contributed by atoms with Crippen LogP contribution in [-0.4, -0.2) is 38.8 Å². The number of para-hydroxylation sites is 1. The number of unbranched alkanes of at least 4 members (excludes halogenated alkanes) is 1. The molecule has 1 aliphatic rings. The standard InChI is InChI=1S/C23H28N2O3/c1-2-3-16-28-22-7-5-4-6-19(22)8-13-23(26)24-20-9-11-21(12-10-20)25-14-17-27-18-15-25/h4-13H,2-3,14-18H2,1H3,(H,24,26). The molecule has 1 N–H and O–H groups in total. The Morgan fingerprint density at radius 3 is 2.64 bits per heavy atom. The van der Waals surface area contributed by atoms with Gasteiger partial charge in [-0.3, -0.25) is 4.79 Å². The van der Waals surface area contributed by atoms with Crippen molar-refractivity contribution < 1.29 is 14.3 Å². The van der Waals surface area contributed by atoms with Gasteiger partial charge in [-0.25, -0.2) is 0 Å². The summed E-state index contributed by atoms with van der Waals surface area (Å²) in [6.45, 7) is 6.12. The quantitative estimate of drug-likeness (QED) is 0.546. The molecule has 0 saturated carbocycles. The number of benzene rings is 2. The molecule has 0 radical (unpaired) electrons. The van der Waals surface area contributed by atoms with Gasteiger partial charge in [-0.05, 0) is 42.8 Å². The number of nitrogens with one attached hydrogen (secondary N) is 1. The molecule has 1 saturated heterocycles. The lowest BCUT2D eigenvalue weighted by Gasteiger charge is -2.28. The Bertz CT molecular complexity index is 781. The van der Waals surface area contributed by atoms with Crippen molar-refractivity contribution in [1.82, 2.24) is 0 Å².